The minimum atomic E-state index is 0.484. The van der Waals surface area contributed by atoms with Crippen molar-refractivity contribution >= 4 is 5.96 Å². The molecule has 0 radical (unpaired) electrons. The number of nitrogens with two attached hydrogens (primary N) is 1. The van der Waals surface area contributed by atoms with E-state index in [0.29, 0.717) is 30.9 Å². The molecule has 0 fully saturated rings. The summed E-state index contributed by atoms with van der Waals surface area (Å²) >= 11 is 0. The van der Waals surface area contributed by atoms with Gasteiger partial charge in [0.1, 0.15) is 5.75 Å². The molecule has 112 valence electrons. The number of para-hydroxylation sites is 1. The Kier molecular flexibility index (Phi) is 6.91. The first kappa shape index (κ1) is 16.3. The van der Waals surface area contributed by atoms with Gasteiger partial charge in [-0.3, -0.25) is 0 Å². The molecule has 0 saturated carbocycles. The Morgan fingerprint density at radius 3 is 2.55 bits per heavy atom. The summed E-state index contributed by atoms with van der Waals surface area (Å²) in [6.45, 7) is 10.6. The van der Waals surface area contributed by atoms with Crippen molar-refractivity contribution in [2.45, 2.75) is 34.2 Å². The van der Waals surface area contributed by atoms with Crippen molar-refractivity contribution in [3.05, 3.63) is 29.8 Å². The van der Waals surface area contributed by atoms with Crippen molar-refractivity contribution in [2.24, 2.45) is 22.6 Å². The number of guanidine groups is 1. The van der Waals surface area contributed by atoms with Gasteiger partial charge in [0.25, 0.3) is 0 Å². The van der Waals surface area contributed by atoms with Crippen LogP contribution >= 0.6 is 0 Å². The van der Waals surface area contributed by atoms with Crippen molar-refractivity contribution in [1.82, 2.24) is 5.32 Å². The molecule has 0 amide bonds. The number of aliphatic imine (C=N–C) groups is 1. The predicted octanol–water partition coefficient (Wildman–Crippen LogP) is 2.78. The Balaban J connectivity index is 2.60. The van der Waals surface area contributed by atoms with Gasteiger partial charge in [-0.05, 0) is 17.9 Å². The lowest BCUT2D eigenvalue weighted by atomic mass is 10.2. The molecule has 0 aromatic heterocycles. The number of ether oxygens (including phenoxy) is 1. The van der Waals surface area contributed by atoms with Crippen LogP contribution in [0, 0.1) is 11.8 Å². The van der Waals surface area contributed by atoms with Gasteiger partial charge in [0.05, 0.1) is 13.2 Å². The lowest BCUT2D eigenvalue weighted by Crippen LogP contribution is -2.34. The van der Waals surface area contributed by atoms with E-state index >= 15 is 0 Å². The minimum absolute atomic E-state index is 0.484. The molecule has 0 aliphatic rings. The number of rotatable bonds is 7. The molecular weight excluding hydrogens is 250 g/mol. The molecule has 0 spiro atoms. The van der Waals surface area contributed by atoms with Crippen LogP contribution in [0.3, 0.4) is 0 Å². The molecule has 4 nitrogen and oxygen atoms in total. The van der Waals surface area contributed by atoms with E-state index in [2.05, 4.69) is 38.0 Å². The van der Waals surface area contributed by atoms with Crippen molar-refractivity contribution in [3.8, 4) is 5.75 Å². The second-order valence-corrected chi connectivity index (χ2v) is 5.79. The van der Waals surface area contributed by atoms with Crippen LogP contribution in [-0.2, 0) is 6.54 Å². The topological polar surface area (TPSA) is 59.6 Å². The number of nitrogens with one attached hydrogen (secondary N) is 1. The van der Waals surface area contributed by atoms with Crippen LogP contribution in [0.4, 0.5) is 0 Å². The molecule has 3 N–H and O–H groups in total. The largest absolute Gasteiger partial charge is 0.493 e. The van der Waals surface area contributed by atoms with Gasteiger partial charge >= 0.3 is 0 Å². The maximum Gasteiger partial charge on any atom is 0.188 e. The lowest BCUT2D eigenvalue weighted by Gasteiger charge is -2.12. The Morgan fingerprint density at radius 1 is 1.20 bits per heavy atom. The van der Waals surface area contributed by atoms with Gasteiger partial charge in [-0.2, -0.15) is 0 Å². The van der Waals surface area contributed by atoms with Crippen LogP contribution in [0.15, 0.2) is 29.3 Å². The zero-order valence-electron chi connectivity index (χ0n) is 13.0. The second kappa shape index (κ2) is 8.46. The van der Waals surface area contributed by atoms with Crippen molar-refractivity contribution in [3.63, 3.8) is 0 Å². The van der Waals surface area contributed by atoms with Crippen LogP contribution in [0.1, 0.15) is 33.3 Å². The van der Waals surface area contributed by atoms with E-state index in [-0.39, 0.29) is 0 Å². The molecule has 20 heavy (non-hydrogen) atoms. The molecule has 1 aromatic rings. The Labute approximate surface area is 122 Å². The molecule has 4 heteroatoms. The first-order valence-electron chi connectivity index (χ1n) is 7.23. The van der Waals surface area contributed by atoms with E-state index in [9.17, 15) is 0 Å². The van der Waals surface area contributed by atoms with Gasteiger partial charge in [0.2, 0.25) is 0 Å². The Bertz CT molecular complexity index is 427. The predicted molar refractivity (Wildman–Crippen MR) is 84.9 cm³/mol. The molecule has 1 aromatic carbocycles. The zero-order chi connectivity index (χ0) is 15.0. The van der Waals surface area contributed by atoms with Gasteiger partial charge in [-0.1, -0.05) is 45.9 Å². The lowest BCUT2D eigenvalue weighted by molar-refractivity contribution is 0.268. The average Bonchev–Trinajstić information content (AvgIpc) is 2.41. The van der Waals surface area contributed by atoms with Crippen molar-refractivity contribution < 1.29 is 4.74 Å². The second-order valence-electron chi connectivity index (χ2n) is 5.79. The summed E-state index contributed by atoms with van der Waals surface area (Å²) in [7, 11) is 0. The van der Waals surface area contributed by atoms with E-state index in [1.165, 1.54) is 0 Å². The van der Waals surface area contributed by atoms with Gasteiger partial charge in [0, 0.05) is 12.1 Å². The summed E-state index contributed by atoms with van der Waals surface area (Å²) in [5, 5.41) is 3.11. The molecular formula is C16H27N3O. The van der Waals surface area contributed by atoms with Gasteiger partial charge < -0.3 is 15.8 Å². The quantitative estimate of drug-likeness (QED) is 0.595. The van der Waals surface area contributed by atoms with Crippen molar-refractivity contribution in [2.75, 3.05) is 13.2 Å². The summed E-state index contributed by atoms with van der Waals surface area (Å²) < 4.78 is 5.80. The highest BCUT2D eigenvalue weighted by Gasteiger charge is 2.04. The summed E-state index contributed by atoms with van der Waals surface area (Å²) in [5.74, 6) is 2.42. The molecule has 0 unspecified atom stereocenters. The molecule has 0 aliphatic heterocycles. The standard InChI is InChI=1S/C16H27N3O/c1-12(2)9-18-16(17)19-10-14-7-5-6-8-15(14)20-11-13(3)4/h5-8,12-13H,9-11H2,1-4H3,(H3,17,18,19). The normalized spacial score (nSPS) is 12.0. The number of nitrogens with zero attached hydrogens (tertiary/aromatic N) is 1. The molecule has 1 rings (SSSR count). The third kappa shape index (κ3) is 6.45. The monoisotopic (exact) mass is 277 g/mol. The van der Waals surface area contributed by atoms with E-state index in [4.69, 9.17) is 10.5 Å². The molecule has 0 aliphatic carbocycles. The van der Waals surface area contributed by atoms with E-state index in [1.54, 1.807) is 0 Å². The number of hydrogen-bond acceptors (Lipinski definition) is 2. The highest BCUT2D eigenvalue weighted by Crippen LogP contribution is 2.19. The summed E-state index contributed by atoms with van der Waals surface area (Å²) in [5.41, 5.74) is 6.90. The summed E-state index contributed by atoms with van der Waals surface area (Å²) in [6, 6.07) is 7.97. The first-order chi connectivity index (χ1) is 9.49. The van der Waals surface area contributed by atoms with Crippen LogP contribution in [0.2, 0.25) is 0 Å². The van der Waals surface area contributed by atoms with Crippen LogP contribution in [0.5, 0.6) is 5.75 Å². The fourth-order valence-electron chi connectivity index (χ4n) is 1.57. The van der Waals surface area contributed by atoms with Crippen LogP contribution < -0.4 is 15.8 Å². The van der Waals surface area contributed by atoms with E-state index in [0.717, 1.165) is 17.9 Å². The molecule has 0 heterocycles. The molecule has 0 atom stereocenters. The SMILES string of the molecule is CC(C)CNC(N)=NCc1ccccc1OCC(C)C. The number of benzene rings is 1. The third-order valence-corrected chi connectivity index (χ3v) is 2.66. The van der Waals surface area contributed by atoms with Crippen LogP contribution in [0.25, 0.3) is 0 Å². The van der Waals surface area contributed by atoms with Crippen molar-refractivity contribution in [1.29, 1.82) is 0 Å². The minimum Gasteiger partial charge on any atom is -0.493 e. The third-order valence-electron chi connectivity index (χ3n) is 2.66. The Hall–Kier alpha value is -1.71. The van der Waals surface area contributed by atoms with E-state index in [1.807, 2.05) is 24.3 Å². The summed E-state index contributed by atoms with van der Waals surface area (Å²) in [6.07, 6.45) is 0. The fourth-order valence-corrected chi connectivity index (χ4v) is 1.57. The van der Waals surface area contributed by atoms with Crippen LogP contribution in [-0.4, -0.2) is 19.1 Å². The van der Waals surface area contributed by atoms with E-state index < -0.39 is 0 Å². The maximum absolute atomic E-state index is 5.84. The average molecular weight is 277 g/mol. The Morgan fingerprint density at radius 2 is 1.90 bits per heavy atom. The molecule has 0 saturated heterocycles. The highest BCUT2D eigenvalue weighted by atomic mass is 16.5. The summed E-state index contributed by atoms with van der Waals surface area (Å²) in [4.78, 5) is 4.36. The maximum atomic E-state index is 5.84. The highest BCUT2D eigenvalue weighted by molar-refractivity contribution is 5.77. The number of hydrogen-bond donors (Lipinski definition) is 2. The molecule has 0 bridgehead atoms. The first-order valence-corrected chi connectivity index (χ1v) is 7.23. The van der Waals surface area contributed by atoms with Gasteiger partial charge in [-0.25, -0.2) is 4.99 Å². The smallest absolute Gasteiger partial charge is 0.188 e. The van der Waals surface area contributed by atoms with Gasteiger partial charge in [-0.15, -0.1) is 0 Å². The zero-order valence-corrected chi connectivity index (χ0v) is 13.0. The fraction of sp³-hybridized carbons (Fsp3) is 0.562. The van der Waals surface area contributed by atoms with Gasteiger partial charge in [0.15, 0.2) is 5.96 Å².